The van der Waals surface area contributed by atoms with Gasteiger partial charge in [-0.1, -0.05) is 6.08 Å². The average Bonchev–Trinajstić information content (AvgIpc) is 2.44. The van der Waals surface area contributed by atoms with Gasteiger partial charge in [0.05, 0.1) is 19.8 Å². The molecule has 0 heterocycles. The molecule has 5 nitrogen and oxygen atoms in total. The number of hydrazone groups is 1. The van der Waals surface area contributed by atoms with E-state index in [1.54, 1.807) is 26.5 Å². The minimum absolute atomic E-state index is 0.484. The Kier molecular flexibility index (Phi) is 6.38. The Labute approximate surface area is 118 Å². The molecule has 0 amide bonds. The number of hydrogen-bond donors (Lipinski definition) is 3. The molecular weight excluding hydrogens is 262 g/mol. The maximum absolute atomic E-state index is 5.25. The molecule has 1 rings (SSSR count). The first-order valence-electron chi connectivity index (χ1n) is 5.66. The molecule has 0 aliphatic rings. The number of hydrogen-bond acceptors (Lipinski definition) is 3. The first-order valence-corrected chi connectivity index (χ1v) is 6.07. The van der Waals surface area contributed by atoms with E-state index in [1.807, 2.05) is 18.2 Å². The van der Waals surface area contributed by atoms with Crippen molar-refractivity contribution in [3.05, 3.63) is 36.4 Å². The molecule has 0 radical (unpaired) electrons. The monoisotopic (exact) mass is 280 g/mol. The Balaban J connectivity index is 2.69. The van der Waals surface area contributed by atoms with Crippen molar-refractivity contribution >= 4 is 23.5 Å². The number of thiocarbonyl (C=S) groups is 1. The van der Waals surface area contributed by atoms with E-state index >= 15 is 0 Å². The van der Waals surface area contributed by atoms with Gasteiger partial charge in [0, 0.05) is 6.54 Å². The van der Waals surface area contributed by atoms with Gasteiger partial charge in [0.2, 0.25) is 11.3 Å². The predicted octanol–water partition coefficient (Wildman–Crippen LogP) is -0.232. The molecule has 0 fully saturated rings. The lowest BCUT2D eigenvalue weighted by atomic mass is 10.2. The number of ether oxygens (including phenoxy) is 2. The van der Waals surface area contributed by atoms with E-state index < -0.39 is 0 Å². The Hall–Kier alpha value is -2.08. The van der Waals surface area contributed by atoms with Crippen LogP contribution in [0.15, 0.2) is 30.9 Å². The standard InChI is InChI=1S/C13H17N3O2S/c1-4-7-14-13(19)16-15-9-10-8-11(17-2)5-6-12(10)18-3/h4-6,8-9H,1,7H2,2-3H3,(H2,14,16,19)/p+1. The lowest BCUT2D eigenvalue weighted by Crippen LogP contribution is -2.82. The van der Waals surface area contributed by atoms with Crippen LogP contribution in [-0.2, 0) is 0 Å². The van der Waals surface area contributed by atoms with Gasteiger partial charge in [0.15, 0.2) is 0 Å². The number of nitrogens with one attached hydrogen (secondary N) is 3. The molecule has 0 aromatic heterocycles. The van der Waals surface area contributed by atoms with Crippen molar-refractivity contribution < 1.29 is 14.6 Å². The summed E-state index contributed by atoms with van der Waals surface area (Å²) in [5.74, 6) is 1.49. The van der Waals surface area contributed by atoms with Crippen molar-refractivity contribution in [2.45, 2.75) is 0 Å². The molecule has 0 spiro atoms. The Morgan fingerprint density at radius 3 is 2.84 bits per heavy atom. The number of methoxy groups -OCH3 is 2. The highest BCUT2D eigenvalue weighted by Crippen LogP contribution is 2.21. The minimum Gasteiger partial charge on any atom is -0.497 e. The third kappa shape index (κ3) is 4.97. The fraction of sp³-hybridized carbons (Fsp3) is 0.231. The summed E-state index contributed by atoms with van der Waals surface area (Å²) in [6.07, 6.45) is 3.46. The third-order valence-corrected chi connectivity index (χ3v) is 2.50. The second kappa shape index (κ2) is 8.10. The molecule has 1 aromatic rings. The molecule has 0 saturated heterocycles. The van der Waals surface area contributed by atoms with Crippen molar-refractivity contribution in [3.8, 4) is 11.5 Å². The van der Waals surface area contributed by atoms with Crippen LogP contribution in [0.25, 0.3) is 0 Å². The van der Waals surface area contributed by atoms with Gasteiger partial charge in [0.1, 0.15) is 11.5 Å². The van der Waals surface area contributed by atoms with Crippen LogP contribution in [0.1, 0.15) is 5.56 Å². The smallest absolute Gasteiger partial charge is 0.224 e. The van der Waals surface area contributed by atoms with E-state index in [0.29, 0.717) is 11.7 Å². The number of rotatable bonds is 6. The van der Waals surface area contributed by atoms with Crippen LogP contribution >= 0.6 is 12.2 Å². The molecule has 0 bridgehead atoms. The Morgan fingerprint density at radius 2 is 2.21 bits per heavy atom. The largest absolute Gasteiger partial charge is 0.497 e. The summed E-state index contributed by atoms with van der Waals surface area (Å²) in [6.45, 7) is 4.20. The van der Waals surface area contributed by atoms with Gasteiger partial charge in [0.25, 0.3) is 0 Å². The summed E-state index contributed by atoms with van der Waals surface area (Å²) in [5, 5.41) is 6.31. The topological polar surface area (TPSA) is 56.5 Å². The van der Waals surface area contributed by atoms with Gasteiger partial charge < -0.3 is 14.8 Å². The van der Waals surface area contributed by atoms with Crippen molar-refractivity contribution in [2.24, 2.45) is 0 Å². The Morgan fingerprint density at radius 1 is 1.42 bits per heavy atom. The molecular formula is C13H18N3O2S+. The van der Waals surface area contributed by atoms with Crippen LogP contribution in [0.2, 0.25) is 0 Å². The molecule has 102 valence electrons. The highest BCUT2D eigenvalue weighted by Gasteiger charge is 2.05. The molecule has 0 aliphatic heterocycles. The molecule has 0 saturated carbocycles. The predicted molar refractivity (Wildman–Crippen MR) is 79.6 cm³/mol. The second-order valence-corrected chi connectivity index (χ2v) is 3.93. The van der Waals surface area contributed by atoms with Crippen LogP contribution in [0.5, 0.6) is 11.5 Å². The third-order valence-electron chi connectivity index (χ3n) is 2.26. The number of benzene rings is 1. The number of hydrazine groups is 1. The molecule has 0 atom stereocenters. The zero-order chi connectivity index (χ0) is 14.1. The summed E-state index contributed by atoms with van der Waals surface area (Å²) < 4.78 is 10.4. The first kappa shape index (κ1) is 15.0. The van der Waals surface area contributed by atoms with Crippen molar-refractivity contribution in [1.29, 1.82) is 0 Å². The highest BCUT2D eigenvalue weighted by atomic mass is 32.1. The highest BCUT2D eigenvalue weighted by molar-refractivity contribution is 7.80. The lowest BCUT2D eigenvalue weighted by Gasteiger charge is -2.05. The van der Waals surface area contributed by atoms with Gasteiger partial charge in [-0.2, -0.15) is 0 Å². The van der Waals surface area contributed by atoms with Crippen LogP contribution in [0.3, 0.4) is 0 Å². The Bertz CT molecular complexity index is 475. The summed E-state index contributed by atoms with van der Waals surface area (Å²) in [5.41, 5.74) is 3.67. The quantitative estimate of drug-likeness (QED) is 0.291. The maximum Gasteiger partial charge on any atom is 0.224 e. The van der Waals surface area contributed by atoms with E-state index in [4.69, 9.17) is 21.7 Å². The summed E-state index contributed by atoms with van der Waals surface area (Å²) in [4.78, 5) is 0. The van der Waals surface area contributed by atoms with Gasteiger partial charge >= 0.3 is 0 Å². The normalized spacial score (nSPS) is 10.0. The van der Waals surface area contributed by atoms with Gasteiger partial charge in [-0.05, 0) is 30.4 Å². The maximum atomic E-state index is 5.25. The zero-order valence-corrected chi connectivity index (χ0v) is 11.8. The second-order valence-electron chi connectivity index (χ2n) is 3.52. The zero-order valence-electron chi connectivity index (χ0n) is 11.0. The van der Waals surface area contributed by atoms with Crippen molar-refractivity contribution in [3.63, 3.8) is 0 Å². The van der Waals surface area contributed by atoms with Gasteiger partial charge in [-0.25, -0.2) is 0 Å². The van der Waals surface area contributed by atoms with E-state index in [0.717, 1.165) is 17.1 Å². The average molecular weight is 280 g/mol. The molecule has 19 heavy (non-hydrogen) atoms. The van der Waals surface area contributed by atoms with Crippen LogP contribution < -0.4 is 25.3 Å². The van der Waals surface area contributed by atoms with E-state index in [1.165, 1.54) is 0 Å². The molecule has 0 aliphatic carbocycles. The van der Waals surface area contributed by atoms with Crippen LogP contribution in [0, 0.1) is 0 Å². The van der Waals surface area contributed by atoms with Crippen LogP contribution in [0.4, 0.5) is 0 Å². The summed E-state index contributed by atoms with van der Waals surface area (Å²) in [7, 11) is 3.23. The van der Waals surface area contributed by atoms with Crippen LogP contribution in [-0.4, -0.2) is 32.1 Å². The molecule has 0 unspecified atom stereocenters. The van der Waals surface area contributed by atoms with Crippen molar-refractivity contribution in [2.75, 3.05) is 20.8 Å². The van der Waals surface area contributed by atoms with E-state index in [2.05, 4.69) is 22.4 Å². The van der Waals surface area contributed by atoms with E-state index in [9.17, 15) is 0 Å². The minimum atomic E-state index is 0.484. The molecule has 1 aromatic carbocycles. The molecule has 3 N–H and O–H groups in total. The summed E-state index contributed by atoms with van der Waals surface area (Å²) >= 11 is 5.04. The molecule has 6 heteroatoms. The lowest BCUT2D eigenvalue weighted by molar-refractivity contribution is -0.500. The fourth-order valence-corrected chi connectivity index (χ4v) is 1.48. The van der Waals surface area contributed by atoms with Gasteiger partial charge in [-0.15, -0.1) is 17.1 Å². The summed E-state index contributed by atoms with van der Waals surface area (Å²) in [6, 6.07) is 5.52. The van der Waals surface area contributed by atoms with Gasteiger partial charge in [-0.3, -0.25) is 0 Å². The van der Waals surface area contributed by atoms with Crippen molar-refractivity contribution in [1.82, 2.24) is 10.7 Å². The fourth-order valence-electron chi connectivity index (χ4n) is 1.34. The van der Waals surface area contributed by atoms with E-state index in [-0.39, 0.29) is 0 Å². The SMILES string of the molecule is C=CCNC(=S)N[NH+]=Cc1cc(OC)ccc1OC. The first-order chi connectivity index (χ1) is 9.21.